The van der Waals surface area contributed by atoms with Gasteiger partial charge in [-0.1, -0.05) is 6.92 Å². The van der Waals surface area contributed by atoms with Crippen LogP contribution >= 0.6 is 0 Å². The lowest BCUT2D eigenvalue weighted by atomic mass is 10.0. The zero-order valence-corrected chi connectivity index (χ0v) is 15.0. The summed E-state index contributed by atoms with van der Waals surface area (Å²) in [5, 5.41) is 4.29. The molecule has 7 nitrogen and oxygen atoms in total. The Labute approximate surface area is 152 Å². The van der Waals surface area contributed by atoms with Crippen molar-refractivity contribution in [3.8, 4) is 11.5 Å². The molecule has 0 spiro atoms. The van der Waals surface area contributed by atoms with Gasteiger partial charge in [0.25, 0.3) is 0 Å². The molecule has 0 atom stereocenters. The summed E-state index contributed by atoms with van der Waals surface area (Å²) in [6.07, 6.45) is 5.33. The van der Waals surface area contributed by atoms with Gasteiger partial charge < -0.3 is 24.7 Å². The van der Waals surface area contributed by atoms with Crippen LogP contribution in [0.25, 0.3) is 10.9 Å². The highest BCUT2D eigenvalue weighted by atomic mass is 16.5. The molecule has 0 amide bonds. The Hall–Kier alpha value is -2.80. The number of pyridine rings is 2. The molecule has 3 aromatic heterocycles. The van der Waals surface area contributed by atoms with Gasteiger partial charge in [0.05, 0.1) is 25.4 Å². The molecule has 0 saturated carbocycles. The van der Waals surface area contributed by atoms with Crippen molar-refractivity contribution in [3.05, 3.63) is 36.8 Å². The van der Waals surface area contributed by atoms with Gasteiger partial charge in [0.1, 0.15) is 11.6 Å². The summed E-state index contributed by atoms with van der Waals surface area (Å²) >= 11 is 0. The first-order valence-electron chi connectivity index (χ1n) is 8.85. The van der Waals surface area contributed by atoms with Gasteiger partial charge in [-0.15, -0.1) is 0 Å². The number of nitrogens with zero attached hydrogens (tertiary/aromatic N) is 3. The van der Waals surface area contributed by atoms with Crippen molar-refractivity contribution < 1.29 is 9.47 Å². The highest BCUT2D eigenvalue weighted by molar-refractivity contribution is 5.90. The molecule has 2 N–H and O–H groups in total. The summed E-state index contributed by atoms with van der Waals surface area (Å²) in [4.78, 5) is 14.4. The Morgan fingerprint density at radius 2 is 2.15 bits per heavy atom. The topological polar surface area (TPSA) is 75.3 Å². The van der Waals surface area contributed by atoms with Crippen LogP contribution in [0.2, 0.25) is 0 Å². The summed E-state index contributed by atoms with van der Waals surface area (Å²) in [6, 6.07) is 5.79. The lowest BCUT2D eigenvalue weighted by molar-refractivity contribution is 0.0662. The van der Waals surface area contributed by atoms with Gasteiger partial charge in [-0.2, -0.15) is 0 Å². The first-order valence-corrected chi connectivity index (χ1v) is 8.85. The predicted molar refractivity (Wildman–Crippen MR) is 101 cm³/mol. The third kappa shape index (κ3) is 3.30. The van der Waals surface area contributed by atoms with Crippen molar-refractivity contribution in [3.63, 3.8) is 0 Å². The van der Waals surface area contributed by atoms with Gasteiger partial charge in [0, 0.05) is 42.9 Å². The molecular formula is C19H23N5O2. The lowest BCUT2D eigenvalue weighted by Crippen LogP contribution is -2.48. The van der Waals surface area contributed by atoms with Crippen molar-refractivity contribution in [2.24, 2.45) is 5.92 Å². The number of aromatic amines is 1. The van der Waals surface area contributed by atoms with Crippen LogP contribution in [-0.2, 0) is 0 Å². The van der Waals surface area contributed by atoms with E-state index < -0.39 is 0 Å². The summed E-state index contributed by atoms with van der Waals surface area (Å²) in [5.74, 6) is 3.33. The minimum absolute atomic E-state index is 0.569. The Balaban J connectivity index is 1.49. The van der Waals surface area contributed by atoms with E-state index in [2.05, 4.69) is 32.1 Å². The average molecular weight is 353 g/mol. The number of nitrogens with one attached hydrogen (secondary N) is 2. The quantitative estimate of drug-likeness (QED) is 0.680. The van der Waals surface area contributed by atoms with Gasteiger partial charge in [-0.3, -0.25) is 0 Å². The van der Waals surface area contributed by atoms with E-state index in [1.807, 2.05) is 24.4 Å². The first kappa shape index (κ1) is 16.7. The Bertz CT molecular complexity index is 889. The molecule has 0 bridgehead atoms. The minimum Gasteiger partial charge on any atom is -0.491 e. The summed E-state index contributed by atoms with van der Waals surface area (Å²) in [6.45, 7) is 6.14. The second-order valence-electron chi connectivity index (χ2n) is 6.47. The smallest absolute Gasteiger partial charge is 0.179 e. The summed E-state index contributed by atoms with van der Waals surface area (Å²) < 4.78 is 11.4. The third-order valence-corrected chi connectivity index (χ3v) is 4.73. The molecule has 1 fully saturated rings. The molecule has 0 aromatic carbocycles. The zero-order valence-electron chi connectivity index (χ0n) is 15.0. The first-order chi connectivity index (χ1) is 12.8. The maximum atomic E-state index is 6.02. The van der Waals surface area contributed by atoms with Gasteiger partial charge >= 0.3 is 0 Å². The normalized spacial score (nSPS) is 15.0. The number of hydrogen-bond donors (Lipinski definition) is 2. The van der Waals surface area contributed by atoms with Crippen molar-refractivity contribution in [1.29, 1.82) is 0 Å². The minimum atomic E-state index is 0.569. The molecule has 1 aliphatic heterocycles. The van der Waals surface area contributed by atoms with E-state index in [1.54, 1.807) is 19.5 Å². The van der Waals surface area contributed by atoms with Crippen LogP contribution < -0.4 is 14.8 Å². The van der Waals surface area contributed by atoms with E-state index in [1.165, 1.54) is 0 Å². The molecule has 4 rings (SSSR count). The molecule has 0 aliphatic carbocycles. The standard InChI is InChI=1S/C19H23N5O2/c1-3-24-10-13(11-24)12-26-16-8-18(22-9-17(16)25-2)23-19-14-4-6-20-15(14)5-7-21-19/h4-9,13,20H,3,10-12H2,1-2H3,(H,21,22,23). The SMILES string of the molecule is CCN1CC(COc2cc(Nc3nccc4[nH]ccc34)ncc2OC)C1. The number of ether oxygens (including phenoxy) is 2. The Kier molecular flexibility index (Phi) is 4.62. The number of H-pyrrole nitrogens is 1. The molecule has 0 unspecified atom stereocenters. The molecule has 1 aliphatic rings. The lowest BCUT2D eigenvalue weighted by Gasteiger charge is -2.38. The highest BCUT2D eigenvalue weighted by Crippen LogP contribution is 2.31. The maximum absolute atomic E-state index is 6.02. The molecule has 3 aromatic rings. The van der Waals surface area contributed by atoms with Crippen LogP contribution in [0.15, 0.2) is 36.8 Å². The van der Waals surface area contributed by atoms with Crippen molar-refractivity contribution in [2.75, 3.05) is 38.7 Å². The van der Waals surface area contributed by atoms with Gasteiger partial charge in [-0.05, 0) is 18.7 Å². The van der Waals surface area contributed by atoms with Crippen LogP contribution in [0.3, 0.4) is 0 Å². The number of aromatic nitrogens is 3. The number of anilines is 2. The largest absolute Gasteiger partial charge is 0.491 e. The molecule has 7 heteroatoms. The van der Waals surface area contributed by atoms with Crippen LogP contribution in [-0.4, -0.2) is 53.2 Å². The van der Waals surface area contributed by atoms with E-state index in [0.29, 0.717) is 29.8 Å². The van der Waals surface area contributed by atoms with Crippen molar-refractivity contribution in [1.82, 2.24) is 19.9 Å². The van der Waals surface area contributed by atoms with Gasteiger partial charge in [0.15, 0.2) is 11.5 Å². The Morgan fingerprint density at radius 1 is 1.27 bits per heavy atom. The van der Waals surface area contributed by atoms with E-state index in [4.69, 9.17) is 9.47 Å². The predicted octanol–water partition coefficient (Wildman–Crippen LogP) is 3.04. The van der Waals surface area contributed by atoms with Gasteiger partial charge in [-0.25, -0.2) is 9.97 Å². The highest BCUT2D eigenvalue weighted by Gasteiger charge is 2.26. The molecule has 4 heterocycles. The third-order valence-electron chi connectivity index (χ3n) is 4.73. The van der Waals surface area contributed by atoms with Crippen LogP contribution in [0.4, 0.5) is 11.6 Å². The van der Waals surface area contributed by atoms with Crippen LogP contribution in [0.5, 0.6) is 11.5 Å². The summed E-state index contributed by atoms with van der Waals surface area (Å²) in [7, 11) is 1.63. The van der Waals surface area contributed by atoms with Crippen LogP contribution in [0, 0.1) is 5.92 Å². The molecule has 26 heavy (non-hydrogen) atoms. The van der Waals surface area contributed by atoms with E-state index in [-0.39, 0.29) is 0 Å². The number of hydrogen-bond acceptors (Lipinski definition) is 6. The van der Waals surface area contributed by atoms with Crippen LogP contribution in [0.1, 0.15) is 6.92 Å². The number of likely N-dealkylation sites (tertiary alicyclic amines) is 1. The van der Waals surface area contributed by atoms with Gasteiger partial charge in [0.2, 0.25) is 0 Å². The molecular weight excluding hydrogens is 330 g/mol. The fourth-order valence-electron chi connectivity index (χ4n) is 3.21. The zero-order chi connectivity index (χ0) is 17.9. The van der Waals surface area contributed by atoms with E-state index in [9.17, 15) is 0 Å². The number of rotatable bonds is 7. The number of fused-ring (bicyclic) bond motifs is 1. The Morgan fingerprint density at radius 3 is 2.96 bits per heavy atom. The second-order valence-corrected chi connectivity index (χ2v) is 6.47. The fourth-order valence-corrected chi connectivity index (χ4v) is 3.21. The monoisotopic (exact) mass is 353 g/mol. The number of methoxy groups -OCH3 is 1. The fraction of sp³-hybridized carbons (Fsp3) is 0.368. The molecule has 0 radical (unpaired) electrons. The maximum Gasteiger partial charge on any atom is 0.179 e. The molecule has 136 valence electrons. The van der Waals surface area contributed by atoms with Crippen molar-refractivity contribution >= 4 is 22.5 Å². The molecule has 1 saturated heterocycles. The average Bonchev–Trinajstić information content (AvgIpc) is 3.11. The van der Waals surface area contributed by atoms with E-state index >= 15 is 0 Å². The van der Waals surface area contributed by atoms with E-state index in [0.717, 1.165) is 36.4 Å². The summed E-state index contributed by atoms with van der Waals surface area (Å²) in [5.41, 5.74) is 1.03. The second kappa shape index (κ2) is 7.21. The van der Waals surface area contributed by atoms with Crippen molar-refractivity contribution in [2.45, 2.75) is 6.92 Å².